The average molecular weight is 388 g/mol. The molecule has 0 radical (unpaired) electrons. The quantitative estimate of drug-likeness (QED) is 0.728. The van der Waals surface area contributed by atoms with E-state index in [0.717, 1.165) is 18.4 Å². The third-order valence-electron chi connectivity index (χ3n) is 4.49. The summed E-state index contributed by atoms with van der Waals surface area (Å²) in [5.74, 6) is 0.282. The fourth-order valence-electron chi connectivity index (χ4n) is 3.00. The second-order valence-corrected chi connectivity index (χ2v) is 8.35. The molecule has 2 aromatic rings. The average Bonchev–Trinajstić information content (AvgIpc) is 3.19. The standard InChI is InChI=1S/C20H24N2O4S/c23-20(21-14-16-6-2-1-3-7-16)15-22-27(24,25)19-12-10-18(11-13-19)26-17-8-4-5-9-17/h1-3,6-7,10-13,17,22H,4-5,8-9,14-15H2,(H,21,23). The number of carbonyl (C=O) groups is 1. The van der Waals surface area contributed by atoms with E-state index < -0.39 is 10.0 Å². The first-order valence-electron chi connectivity index (χ1n) is 9.10. The summed E-state index contributed by atoms with van der Waals surface area (Å²) in [7, 11) is -3.75. The molecule has 0 bridgehead atoms. The number of rotatable bonds is 8. The Bertz CT molecular complexity index is 845. The van der Waals surface area contributed by atoms with E-state index in [9.17, 15) is 13.2 Å². The maximum Gasteiger partial charge on any atom is 0.241 e. The predicted octanol–water partition coefficient (Wildman–Crippen LogP) is 2.60. The summed E-state index contributed by atoms with van der Waals surface area (Å²) >= 11 is 0. The molecule has 2 N–H and O–H groups in total. The van der Waals surface area contributed by atoms with Gasteiger partial charge in [0.2, 0.25) is 15.9 Å². The minimum Gasteiger partial charge on any atom is -0.490 e. The molecule has 2 aromatic carbocycles. The highest BCUT2D eigenvalue weighted by atomic mass is 32.2. The van der Waals surface area contributed by atoms with Crippen molar-refractivity contribution in [2.24, 2.45) is 0 Å². The van der Waals surface area contributed by atoms with Crippen molar-refractivity contribution in [3.8, 4) is 5.75 Å². The molecule has 1 fully saturated rings. The van der Waals surface area contributed by atoms with Gasteiger partial charge in [-0.15, -0.1) is 0 Å². The van der Waals surface area contributed by atoms with Gasteiger partial charge in [-0.2, -0.15) is 0 Å². The second-order valence-electron chi connectivity index (χ2n) is 6.58. The molecule has 0 unspecified atom stereocenters. The van der Waals surface area contributed by atoms with Crippen molar-refractivity contribution >= 4 is 15.9 Å². The van der Waals surface area contributed by atoms with Gasteiger partial charge in [0, 0.05) is 6.54 Å². The molecular formula is C20H24N2O4S. The topological polar surface area (TPSA) is 84.5 Å². The molecular weight excluding hydrogens is 364 g/mol. The van der Waals surface area contributed by atoms with Crippen molar-refractivity contribution in [3.05, 3.63) is 60.2 Å². The highest BCUT2D eigenvalue weighted by Gasteiger charge is 2.18. The van der Waals surface area contributed by atoms with Crippen LogP contribution in [0.5, 0.6) is 5.75 Å². The molecule has 0 heterocycles. The van der Waals surface area contributed by atoms with E-state index in [1.54, 1.807) is 12.1 Å². The fourth-order valence-corrected chi connectivity index (χ4v) is 3.98. The van der Waals surface area contributed by atoms with Crippen LogP contribution in [-0.2, 0) is 21.4 Å². The zero-order chi connectivity index (χ0) is 19.1. The van der Waals surface area contributed by atoms with Gasteiger partial charge in [0.1, 0.15) is 5.75 Å². The molecule has 6 nitrogen and oxygen atoms in total. The molecule has 0 atom stereocenters. The van der Waals surface area contributed by atoms with E-state index in [0.29, 0.717) is 12.3 Å². The first-order chi connectivity index (χ1) is 13.0. The molecule has 1 saturated carbocycles. The van der Waals surface area contributed by atoms with Crippen LogP contribution in [-0.4, -0.2) is 27.0 Å². The molecule has 0 saturated heterocycles. The predicted molar refractivity (Wildman–Crippen MR) is 103 cm³/mol. The Morgan fingerprint density at radius 3 is 2.33 bits per heavy atom. The van der Waals surface area contributed by atoms with Gasteiger partial charge in [-0.25, -0.2) is 13.1 Å². The van der Waals surface area contributed by atoms with Crippen LogP contribution in [0.4, 0.5) is 0 Å². The number of hydrogen-bond donors (Lipinski definition) is 2. The third-order valence-corrected chi connectivity index (χ3v) is 5.91. The summed E-state index contributed by atoms with van der Waals surface area (Å²) < 4.78 is 32.8. The minimum absolute atomic E-state index is 0.108. The van der Waals surface area contributed by atoms with Crippen molar-refractivity contribution in [1.29, 1.82) is 0 Å². The van der Waals surface area contributed by atoms with Crippen LogP contribution in [0, 0.1) is 0 Å². The van der Waals surface area contributed by atoms with Gasteiger partial charge in [-0.3, -0.25) is 4.79 Å². The smallest absolute Gasteiger partial charge is 0.241 e. The lowest BCUT2D eigenvalue weighted by Gasteiger charge is -2.13. The normalized spacial score (nSPS) is 14.8. The van der Waals surface area contributed by atoms with E-state index in [2.05, 4.69) is 10.0 Å². The van der Waals surface area contributed by atoms with Gasteiger partial charge >= 0.3 is 0 Å². The highest BCUT2D eigenvalue weighted by molar-refractivity contribution is 7.89. The number of nitrogens with one attached hydrogen (secondary N) is 2. The molecule has 1 aliphatic rings. The van der Waals surface area contributed by atoms with Gasteiger partial charge in [0.15, 0.2) is 0 Å². The van der Waals surface area contributed by atoms with Crippen LogP contribution in [0.15, 0.2) is 59.5 Å². The Morgan fingerprint density at radius 2 is 1.67 bits per heavy atom. The molecule has 144 valence electrons. The summed E-state index contributed by atoms with van der Waals surface area (Å²) in [6.45, 7) is 0.0457. The maximum atomic E-state index is 12.3. The Labute approximate surface area is 160 Å². The van der Waals surface area contributed by atoms with Crippen LogP contribution >= 0.6 is 0 Å². The van der Waals surface area contributed by atoms with Gasteiger partial charge in [-0.1, -0.05) is 30.3 Å². The first-order valence-corrected chi connectivity index (χ1v) is 10.6. The van der Waals surface area contributed by atoms with E-state index in [-0.39, 0.29) is 23.5 Å². The molecule has 0 spiro atoms. The molecule has 27 heavy (non-hydrogen) atoms. The lowest BCUT2D eigenvalue weighted by Crippen LogP contribution is -2.36. The van der Waals surface area contributed by atoms with E-state index >= 15 is 0 Å². The first kappa shape index (κ1) is 19.4. The van der Waals surface area contributed by atoms with E-state index in [1.165, 1.54) is 25.0 Å². The number of benzene rings is 2. The van der Waals surface area contributed by atoms with Crippen molar-refractivity contribution in [3.63, 3.8) is 0 Å². The monoisotopic (exact) mass is 388 g/mol. The molecule has 1 aliphatic carbocycles. The molecule has 0 aromatic heterocycles. The Kier molecular flexibility index (Phi) is 6.47. The second kappa shape index (κ2) is 9.01. The van der Waals surface area contributed by atoms with E-state index in [4.69, 9.17) is 4.74 Å². The van der Waals surface area contributed by atoms with Gasteiger partial charge in [0.05, 0.1) is 17.5 Å². The summed E-state index contributed by atoms with van der Waals surface area (Å²) in [5, 5.41) is 2.69. The highest BCUT2D eigenvalue weighted by Crippen LogP contribution is 2.24. The Hall–Kier alpha value is -2.38. The lowest BCUT2D eigenvalue weighted by atomic mass is 10.2. The minimum atomic E-state index is -3.75. The fraction of sp³-hybridized carbons (Fsp3) is 0.350. The Balaban J connectivity index is 1.49. The summed E-state index contributed by atoms with van der Waals surface area (Å²) in [4.78, 5) is 12.0. The van der Waals surface area contributed by atoms with Crippen molar-refractivity contribution in [2.45, 2.75) is 43.2 Å². The van der Waals surface area contributed by atoms with Crippen molar-refractivity contribution < 1.29 is 17.9 Å². The summed E-state index contributed by atoms with van der Waals surface area (Å²) in [5.41, 5.74) is 0.951. The van der Waals surface area contributed by atoms with Gasteiger partial charge in [0.25, 0.3) is 0 Å². The summed E-state index contributed by atoms with van der Waals surface area (Å²) in [6, 6.07) is 15.7. The molecule has 7 heteroatoms. The lowest BCUT2D eigenvalue weighted by molar-refractivity contribution is -0.120. The largest absolute Gasteiger partial charge is 0.490 e. The van der Waals surface area contributed by atoms with Gasteiger partial charge < -0.3 is 10.1 Å². The number of ether oxygens (including phenoxy) is 1. The number of sulfonamides is 1. The number of carbonyl (C=O) groups excluding carboxylic acids is 1. The maximum absolute atomic E-state index is 12.3. The third kappa shape index (κ3) is 5.80. The zero-order valence-electron chi connectivity index (χ0n) is 15.1. The number of amides is 1. The molecule has 1 amide bonds. The van der Waals surface area contributed by atoms with E-state index in [1.807, 2.05) is 30.3 Å². The SMILES string of the molecule is O=C(CNS(=O)(=O)c1ccc(OC2CCCC2)cc1)NCc1ccccc1. The van der Waals surface area contributed by atoms with Crippen LogP contribution in [0.1, 0.15) is 31.2 Å². The Morgan fingerprint density at radius 1 is 1.00 bits per heavy atom. The number of hydrogen-bond acceptors (Lipinski definition) is 4. The van der Waals surface area contributed by atoms with Gasteiger partial charge in [-0.05, 0) is 55.5 Å². The molecule has 0 aliphatic heterocycles. The zero-order valence-corrected chi connectivity index (χ0v) is 15.9. The summed E-state index contributed by atoms with van der Waals surface area (Å²) in [6.07, 6.45) is 4.65. The van der Waals surface area contributed by atoms with Crippen molar-refractivity contribution in [2.75, 3.05) is 6.54 Å². The van der Waals surface area contributed by atoms with Crippen LogP contribution in [0.25, 0.3) is 0 Å². The van der Waals surface area contributed by atoms with Crippen LogP contribution in [0.3, 0.4) is 0 Å². The van der Waals surface area contributed by atoms with Crippen molar-refractivity contribution in [1.82, 2.24) is 10.0 Å². The molecule has 3 rings (SSSR count). The van der Waals surface area contributed by atoms with Crippen LogP contribution in [0.2, 0.25) is 0 Å². The van der Waals surface area contributed by atoms with Crippen LogP contribution < -0.4 is 14.8 Å².